The van der Waals surface area contributed by atoms with Crippen LogP contribution in [0.4, 0.5) is 4.79 Å². The van der Waals surface area contributed by atoms with Gasteiger partial charge in [-0.1, -0.05) is 32.6 Å². The topological polar surface area (TPSA) is 78.4 Å². The van der Waals surface area contributed by atoms with Gasteiger partial charge in [-0.25, -0.2) is 9.59 Å². The Morgan fingerprint density at radius 2 is 2.00 bits per heavy atom. The Labute approximate surface area is 108 Å². The first-order valence-corrected chi connectivity index (χ1v) is 6.90. The summed E-state index contributed by atoms with van der Waals surface area (Å²) >= 11 is 0. The second-order valence-corrected chi connectivity index (χ2v) is 4.99. The van der Waals surface area contributed by atoms with Crippen LogP contribution < -0.4 is 10.6 Å². The quantitative estimate of drug-likeness (QED) is 0.610. The number of carbonyl (C=O) groups is 2. The molecule has 0 aromatic rings. The molecule has 0 bridgehead atoms. The summed E-state index contributed by atoms with van der Waals surface area (Å²) < 4.78 is 0. The number of carbonyl (C=O) groups excluding carboxylic acids is 1. The maximum Gasteiger partial charge on any atom is 0.326 e. The van der Waals surface area contributed by atoms with Crippen molar-refractivity contribution in [3.8, 4) is 0 Å². The number of hydrogen-bond donors (Lipinski definition) is 3. The summed E-state index contributed by atoms with van der Waals surface area (Å²) in [4.78, 5) is 22.2. The van der Waals surface area contributed by atoms with E-state index in [1.165, 1.54) is 25.7 Å². The molecule has 0 radical (unpaired) electrons. The molecule has 1 atom stereocenters. The van der Waals surface area contributed by atoms with E-state index in [4.69, 9.17) is 5.11 Å². The van der Waals surface area contributed by atoms with Gasteiger partial charge in [0.15, 0.2) is 0 Å². The van der Waals surface area contributed by atoms with Gasteiger partial charge in [-0.05, 0) is 25.2 Å². The van der Waals surface area contributed by atoms with Gasteiger partial charge in [0, 0.05) is 6.54 Å². The maximum absolute atomic E-state index is 11.4. The van der Waals surface area contributed by atoms with Gasteiger partial charge in [0.2, 0.25) is 0 Å². The fraction of sp³-hybridized carbons (Fsp3) is 0.846. The van der Waals surface area contributed by atoms with E-state index in [1.54, 1.807) is 6.92 Å². The Kier molecular flexibility index (Phi) is 6.54. The van der Waals surface area contributed by atoms with Gasteiger partial charge in [0.1, 0.15) is 6.04 Å². The van der Waals surface area contributed by atoms with Crippen LogP contribution in [0.5, 0.6) is 0 Å². The molecule has 0 aromatic carbocycles. The molecule has 0 heterocycles. The van der Waals surface area contributed by atoms with Crippen LogP contribution in [0.15, 0.2) is 0 Å². The standard InChI is InChI=1S/C13H24N2O3/c1-2-11(12(16)17)15-13(18)14-9-5-8-10-6-3-4-7-10/h10-11H,2-9H2,1H3,(H,16,17)(H2,14,15,18)/t11-/m1/s1. The lowest BCUT2D eigenvalue weighted by molar-refractivity contribution is -0.139. The normalized spacial score (nSPS) is 17.4. The lowest BCUT2D eigenvalue weighted by atomic mass is 10.0. The highest BCUT2D eigenvalue weighted by Gasteiger charge is 2.17. The molecule has 0 spiro atoms. The minimum Gasteiger partial charge on any atom is -0.480 e. The predicted octanol–water partition coefficient (Wildman–Crippen LogP) is 2.12. The minimum absolute atomic E-state index is 0.379. The van der Waals surface area contributed by atoms with E-state index in [2.05, 4.69) is 10.6 Å². The summed E-state index contributed by atoms with van der Waals surface area (Å²) in [6, 6.07) is -1.17. The van der Waals surface area contributed by atoms with Gasteiger partial charge in [0.05, 0.1) is 0 Å². The third kappa shape index (κ3) is 5.38. The van der Waals surface area contributed by atoms with E-state index in [0.717, 1.165) is 18.8 Å². The second kappa shape index (κ2) is 7.95. The Hall–Kier alpha value is -1.26. The molecule has 104 valence electrons. The van der Waals surface area contributed by atoms with Crippen molar-refractivity contribution in [1.82, 2.24) is 10.6 Å². The van der Waals surface area contributed by atoms with E-state index in [1.807, 2.05) is 0 Å². The van der Waals surface area contributed by atoms with Crippen LogP contribution in [-0.2, 0) is 4.79 Å². The predicted molar refractivity (Wildman–Crippen MR) is 69.4 cm³/mol. The molecule has 1 aliphatic rings. The van der Waals surface area contributed by atoms with Crippen molar-refractivity contribution in [2.45, 2.75) is 57.9 Å². The molecule has 0 aromatic heterocycles. The molecule has 18 heavy (non-hydrogen) atoms. The molecule has 3 N–H and O–H groups in total. The molecule has 1 saturated carbocycles. The minimum atomic E-state index is -0.987. The first kappa shape index (κ1) is 14.8. The third-order valence-corrected chi connectivity index (χ3v) is 3.56. The van der Waals surface area contributed by atoms with Crippen molar-refractivity contribution in [3.63, 3.8) is 0 Å². The molecule has 0 aliphatic heterocycles. The largest absolute Gasteiger partial charge is 0.480 e. The van der Waals surface area contributed by atoms with E-state index in [9.17, 15) is 9.59 Å². The fourth-order valence-corrected chi connectivity index (χ4v) is 2.44. The summed E-state index contributed by atoms with van der Waals surface area (Å²) in [5, 5.41) is 14.0. The van der Waals surface area contributed by atoms with Crippen LogP contribution in [0.3, 0.4) is 0 Å². The summed E-state index contributed by atoms with van der Waals surface area (Å²) in [7, 11) is 0. The van der Waals surface area contributed by atoms with Gasteiger partial charge < -0.3 is 15.7 Å². The molecular formula is C13H24N2O3. The molecule has 1 aliphatic carbocycles. The highest BCUT2D eigenvalue weighted by atomic mass is 16.4. The molecule has 1 fully saturated rings. The zero-order valence-electron chi connectivity index (χ0n) is 11.1. The highest BCUT2D eigenvalue weighted by Crippen LogP contribution is 2.28. The molecule has 5 heteroatoms. The fourth-order valence-electron chi connectivity index (χ4n) is 2.44. The Morgan fingerprint density at radius 3 is 2.56 bits per heavy atom. The second-order valence-electron chi connectivity index (χ2n) is 4.99. The monoisotopic (exact) mass is 256 g/mol. The number of aliphatic carboxylic acids is 1. The van der Waals surface area contributed by atoms with Crippen molar-refractivity contribution in [3.05, 3.63) is 0 Å². The van der Waals surface area contributed by atoms with Crippen LogP contribution >= 0.6 is 0 Å². The number of nitrogens with one attached hydrogen (secondary N) is 2. The maximum atomic E-state index is 11.4. The van der Waals surface area contributed by atoms with Crippen LogP contribution in [0.2, 0.25) is 0 Å². The van der Waals surface area contributed by atoms with Crippen molar-refractivity contribution < 1.29 is 14.7 Å². The lowest BCUT2D eigenvalue weighted by Gasteiger charge is -2.13. The van der Waals surface area contributed by atoms with Gasteiger partial charge in [-0.15, -0.1) is 0 Å². The zero-order valence-corrected chi connectivity index (χ0v) is 11.1. The highest BCUT2D eigenvalue weighted by molar-refractivity contribution is 5.82. The SMILES string of the molecule is CC[C@@H](NC(=O)NCCCC1CCCC1)C(=O)O. The van der Waals surface area contributed by atoms with Gasteiger partial charge in [0.25, 0.3) is 0 Å². The van der Waals surface area contributed by atoms with E-state index < -0.39 is 12.0 Å². The van der Waals surface area contributed by atoms with Gasteiger partial charge in [-0.2, -0.15) is 0 Å². The lowest BCUT2D eigenvalue weighted by Crippen LogP contribution is -2.45. The van der Waals surface area contributed by atoms with Crippen molar-refractivity contribution in [2.24, 2.45) is 5.92 Å². The molecule has 0 saturated heterocycles. The van der Waals surface area contributed by atoms with E-state index in [0.29, 0.717) is 13.0 Å². The zero-order chi connectivity index (χ0) is 13.4. The number of carboxylic acids is 1. The van der Waals surface area contributed by atoms with Crippen LogP contribution in [0, 0.1) is 5.92 Å². The Morgan fingerprint density at radius 1 is 1.33 bits per heavy atom. The van der Waals surface area contributed by atoms with Crippen molar-refractivity contribution in [2.75, 3.05) is 6.54 Å². The number of amides is 2. The van der Waals surface area contributed by atoms with Crippen molar-refractivity contribution in [1.29, 1.82) is 0 Å². The average Bonchev–Trinajstić information content (AvgIpc) is 2.84. The number of urea groups is 1. The number of hydrogen-bond acceptors (Lipinski definition) is 2. The smallest absolute Gasteiger partial charge is 0.326 e. The molecule has 1 rings (SSSR count). The first-order chi connectivity index (χ1) is 8.63. The Bertz CT molecular complexity index is 275. The number of carboxylic acid groups (broad SMARTS) is 1. The van der Waals surface area contributed by atoms with Crippen molar-refractivity contribution >= 4 is 12.0 Å². The number of rotatable bonds is 7. The molecule has 0 unspecified atom stereocenters. The van der Waals surface area contributed by atoms with E-state index in [-0.39, 0.29) is 6.03 Å². The molecule has 2 amide bonds. The molecular weight excluding hydrogens is 232 g/mol. The van der Waals surface area contributed by atoms with Gasteiger partial charge in [-0.3, -0.25) is 0 Å². The summed E-state index contributed by atoms with van der Waals surface area (Å²) in [5.74, 6) is -0.157. The van der Waals surface area contributed by atoms with Crippen LogP contribution in [0.1, 0.15) is 51.9 Å². The summed E-state index contributed by atoms with van der Waals surface area (Å²) in [6.45, 7) is 2.36. The van der Waals surface area contributed by atoms with Crippen LogP contribution in [0.25, 0.3) is 0 Å². The Balaban J connectivity index is 2.07. The summed E-state index contributed by atoms with van der Waals surface area (Å²) in [5.41, 5.74) is 0. The summed E-state index contributed by atoms with van der Waals surface area (Å²) in [6.07, 6.45) is 7.86. The molecule has 5 nitrogen and oxygen atoms in total. The first-order valence-electron chi connectivity index (χ1n) is 6.90. The van der Waals surface area contributed by atoms with Gasteiger partial charge >= 0.3 is 12.0 Å². The van der Waals surface area contributed by atoms with E-state index >= 15 is 0 Å². The average molecular weight is 256 g/mol. The van der Waals surface area contributed by atoms with Crippen LogP contribution in [-0.4, -0.2) is 29.7 Å². The third-order valence-electron chi connectivity index (χ3n) is 3.56.